The molecule has 2 aromatic carbocycles. The molecule has 0 aliphatic carbocycles. The Hall–Kier alpha value is -1.02. The lowest BCUT2D eigenvalue weighted by Crippen LogP contribution is -1.96. The molecule has 3 rings (SSSR count). The van der Waals surface area contributed by atoms with Crippen LogP contribution < -0.4 is 0 Å². The first-order valence-electron chi connectivity index (χ1n) is 6.25. The molecule has 0 spiro atoms. The molecule has 98 valence electrons. The quantitative estimate of drug-likeness (QED) is 0.707. The van der Waals surface area contributed by atoms with E-state index >= 15 is 0 Å². The van der Waals surface area contributed by atoms with Crippen molar-refractivity contribution in [3.05, 3.63) is 69.2 Å². The van der Waals surface area contributed by atoms with Crippen LogP contribution in [0.1, 0.15) is 33.2 Å². The summed E-state index contributed by atoms with van der Waals surface area (Å²) in [5, 5.41) is 0.622. The Morgan fingerprint density at radius 3 is 2.47 bits per heavy atom. The van der Waals surface area contributed by atoms with E-state index in [0.717, 1.165) is 21.7 Å². The summed E-state index contributed by atoms with van der Waals surface area (Å²) in [6.07, 6.45) is 0. The standard InChI is InChI=1S/C16H14Cl2O/c1-10-6-11(4-5-15(10)17)16(18)12-2-3-13-8-19-9-14(13)7-12/h2-7,16H,8-9H2,1H3. The SMILES string of the molecule is Cc1cc(C(Cl)c2ccc3c(c2)COC3)ccc1Cl. The lowest BCUT2D eigenvalue weighted by atomic mass is 9.99. The van der Waals surface area contributed by atoms with Crippen LogP contribution in [0.2, 0.25) is 5.02 Å². The summed E-state index contributed by atoms with van der Waals surface area (Å²) < 4.78 is 5.43. The number of ether oxygens (including phenoxy) is 1. The summed E-state index contributed by atoms with van der Waals surface area (Å²) in [7, 11) is 0. The lowest BCUT2D eigenvalue weighted by Gasteiger charge is -2.13. The van der Waals surface area contributed by atoms with Crippen molar-refractivity contribution in [3.8, 4) is 0 Å². The summed E-state index contributed by atoms with van der Waals surface area (Å²) in [6.45, 7) is 3.39. The van der Waals surface area contributed by atoms with Crippen molar-refractivity contribution < 1.29 is 4.74 Å². The minimum atomic E-state index is -0.151. The molecule has 0 saturated heterocycles. The molecule has 1 atom stereocenters. The van der Waals surface area contributed by atoms with E-state index in [2.05, 4.69) is 18.2 Å². The second-order valence-electron chi connectivity index (χ2n) is 4.89. The van der Waals surface area contributed by atoms with Gasteiger partial charge < -0.3 is 4.74 Å². The zero-order valence-electron chi connectivity index (χ0n) is 10.6. The average Bonchev–Trinajstić information content (AvgIpc) is 2.88. The normalized spacial score (nSPS) is 15.3. The van der Waals surface area contributed by atoms with Gasteiger partial charge in [-0.2, -0.15) is 0 Å². The van der Waals surface area contributed by atoms with Crippen LogP contribution in [0.15, 0.2) is 36.4 Å². The van der Waals surface area contributed by atoms with E-state index in [-0.39, 0.29) is 5.38 Å². The summed E-state index contributed by atoms with van der Waals surface area (Å²) in [6, 6.07) is 12.3. The maximum atomic E-state index is 6.57. The first-order chi connectivity index (χ1) is 9.15. The average molecular weight is 293 g/mol. The highest BCUT2D eigenvalue weighted by Gasteiger charge is 2.16. The molecule has 0 saturated carbocycles. The van der Waals surface area contributed by atoms with E-state index in [4.69, 9.17) is 27.9 Å². The van der Waals surface area contributed by atoms with Crippen molar-refractivity contribution in [2.45, 2.75) is 25.5 Å². The van der Waals surface area contributed by atoms with Crippen molar-refractivity contribution in [2.24, 2.45) is 0 Å². The van der Waals surface area contributed by atoms with Gasteiger partial charge >= 0.3 is 0 Å². The fourth-order valence-electron chi connectivity index (χ4n) is 2.37. The Balaban J connectivity index is 1.94. The van der Waals surface area contributed by atoms with Gasteiger partial charge in [0.2, 0.25) is 0 Å². The third kappa shape index (κ3) is 2.51. The molecule has 19 heavy (non-hydrogen) atoms. The Kier molecular flexibility index (Phi) is 3.53. The van der Waals surface area contributed by atoms with Crippen LogP contribution in [0.25, 0.3) is 0 Å². The van der Waals surface area contributed by atoms with E-state index in [1.54, 1.807) is 0 Å². The number of alkyl halides is 1. The van der Waals surface area contributed by atoms with Crippen LogP contribution in [0.5, 0.6) is 0 Å². The van der Waals surface area contributed by atoms with Crippen LogP contribution in [0.3, 0.4) is 0 Å². The molecular weight excluding hydrogens is 279 g/mol. The van der Waals surface area contributed by atoms with E-state index in [0.29, 0.717) is 13.2 Å². The number of rotatable bonds is 2. The Morgan fingerprint density at radius 1 is 1.00 bits per heavy atom. The summed E-state index contributed by atoms with van der Waals surface area (Å²) in [5.41, 5.74) is 5.73. The van der Waals surface area contributed by atoms with Gasteiger partial charge in [-0.1, -0.05) is 41.9 Å². The van der Waals surface area contributed by atoms with Crippen molar-refractivity contribution in [2.75, 3.05) is 0 Å². The molecule has 1 nitrogen and oxygen atoms in total. The molecule has 0 N–H and O–H groups in total. The molecule has 2 aromatic rings. The highest BCUT2D eigenvalue weighted by atomic mass is 35.5. The van der Waals surface area contributed by atoms with Crippen LogP contribution in [0.4, 0.5) is 0 Å². The summed E-state index contributed by atoms with van der Waals surface area (Å²) >= 11 is 12.6. The molecule has 0 radical (unpaired) electrons. The van der Waals surface area contributed by atoms with E-state index in [1.807, 2.05) is 25.1 Å². The monoisotopic (exact) mass is 292 g/mol. The Bertz CT molecular complexity index is 622. The van der Waals surface area contributed by atoms with Gasteiger partial charge in [0, 0.05) is 5.02 Å². The molecule has 0 aromatic heterocycles. The maximum absolute atomic E-state index is 6.57. The largest absolute Gasteiger partial charge is 0.372 e. The first-order valence-corrected chi connectivity index (χ1v) is 7.06. The van der Waals surface area contributed by atoms with Crippen molar-refractivity contribution in [1.82, 2.24) is 0 Å². The number of fused-ring (bicyclic) bond motifs is 1. The third-order valence-electron chi connectivity index (χ3n) is 3.51. The van der Waals surface area contributed by atoms with E-state index in [1.165, 1.54) is 11.1 Å². The number of halogens is 2. The predicted molar refractivity (Wildman–Crippen MR) is 78.8 cm³/mol. The minimum absolute atomic E-state index is 0.151. The van der Waals surface area contributed by atoms with Crippen molar-refractivity contribution in [3.63, 3.8) is 0 Å². The maximum Gasteiger partial charge on any atom is 0.0835 e. The van der Waals surface area contributed by atoms with Crippen molar-refractivity contribution >= 4 is 23.2 Å². The van der Waals surface area contributed by atoms with Gasteiger partial charge in [0.1, 0.15) is 0 Å². The van der Waals surface area contributed by atoms with Crippen LogP contribution >= 0.6 is 23.2 Å². The van der Waals surface area contributed by atoms with Gasteiger partial charge in [0.05, 0.1) is 18.6 Å². The van der Waals surface area contributed by atoms with E-state index < -0.39 is 0 Å². The fourth-order valence-corrected chi connectivity index (χ4v) is 2.76. The molecule has 0 amide bonds. The Morgan fingerprint density at radius 2 is 1.68 bits per heavy atom. The highest BCUT2D eigenvalue weighted by molar-refractivity contribution is 6.31. The van der Waals surface area contributed by atoms with Crippen LogP contribution in [0, 0.1) is 6.92 Å². The zero-order chi connectivity index (χ0) is 13.4. The number of hydrogen-bond donors (Lipinski definition) is 0. The predicted octanol–water partition coefficient (Wildman–Crippen LogP) is 5.01. The van der Waals surface area contributed by atoms with Gasteiger partial charge in [-0.15, -0.1) is 11.6 Å². The second-order valence-corrected chi connectivity index (χ2v) is 5.74. The van der Waals surface area contributed by atoms with Gasteiger partial charge in [-0.25, -0.2) is 0 Å². The van der Waals surface area contributed by atoms with Gasteiger partial charge in [-0.3, -0.25) is 0 Å². The fraction of sp³-hybridized carbons (Fsp3) is 0.250. The molecule has 1 aliphatic heterocycles. The first kappa shape index (κ1) is 13.0. The lowest BCUT2D eigenvalue weighted by molar-refractivity contribution is 0.134. The molecule has 0 bridgehead atoms. The molecule has 1 aliphatic rings. The second kappa shape index (κ2) is 5.16. The topological polar surface area (TPSA) is 9.23 Å². The summed E-state index contributed by atoms with van der Waals surface area (Å²) in [4.78, 5) is 0. The Labute approximate surface area is 123 Å². The molecule has 3 heteroatoms. The van der Waals surface area contributed by atoms with Gasteiger partial charge in [-0.05, 0) is 40.8 Å². The molecule has 1 heterocycles. The number of hydrogen-bond acceptors (Lipinski definition) is 1. The highest BCUT2D eigenvalue weighted by Crippen LogP contribution is 2.33. The summed E-state index contributed by atoms with van der Waals surface area (Å²) in [5.74, 6) is 0. The van der Waals surface area contributed by atoms with Gasteiger partial charge in [0.15, 0.2) is 0 Å². The minimum Gasteiger partial charge on any atom is -0.372 e. The third-order valence-corrected chi connectivity index (χ3v) is 4.44. The zero-order valence-corrected chi connectivity index (χ0v) is 12.1. The van der Waals surface area contributed by atoms with Crippen molar-refractivity contribution in [1.29, 1.82) is 0 Å². The van der Waals surface area contributed by atoms with E-state index in [9.17, 15) is 0 Å². The number of benzene rings is 2. The molecule has 0 fully saturated rings. The van der Waals surface area contributed by atoms with Crippen LogP contribution in [-0.4, -0.2) is 0 Å². The molecular formula is C16H14Cl2O. The van der Waals surface area contributed by atoms with Gasteiger partial charge in [0.25, 0.3) is 0 Å². The molecule has 1 unspecified atom stereocenters. The smallest absolute Gasteiger partial charge is 0.0835 e. The number of aryl methyl sites for hydroxylation is 1. The van der Waals surface area contributed by atoms with Crippen LogP contribution in [-0.2, 0) is 18.0 Å².